The van der Waals surface area contributed by atoms with Crippen molar-refractivity contribution in [2.45, 2.75) is 19.5 Å². The van der Waals surface area contributed by atoms with Gasteiger partial charge in [-0.1, -0.05) is 28.1 Å². The molecule has 0 spiro atoms. The lowest BCUT2D eigenvalue weighted by atomic mass is 10.1. The minimum Gasteiger partial charge on any atom is -0.496 e. The lowest BCUT2D eigenvalue weighted by Crippen LogP contribution is -2.39. The van der Waals surface area contributed by atoms with E-state index < -0.39 is 0 Å². The number of ether oxygens (including phenoxy) is 1. The molecular formula is C19H20BrN3O2. The summed E-state index contributed by atoms with van der Waals surface area (Å²) < 4.78 is 6.34. The van der Waals surface area contributed by atoms with Crippen LogP contribution in [0.15, 0.2) is 46.9 Å². The average Bonchev–Trinajstić information content (AvgIpc) is 2.61. The second kappa shape index (κ2) is 8.65. The Hall–Kier alpha value is -2.36. The summed E-state index contributed by atoms with van der Waals surface area (Å²) in [6, 6.07) is 14.4. The molecule has 0 saturated heterocycles. The number of nitrogens with one attached hydrogen (secondary N) is 1. The fourth-order valence-corrected chi connectivity index (χ4v) is 2.81. The second-order valence-electron chi connectivity index (χ2n) is 5.69. The second-order valence-corrected chi connectivity index (χ2v) is 6.61. The number of nitrogens with zero attached hydrogens (tertiary/aromatic N) is 2. The van der Waals surface area contributed by atoms with E-state index in [0.717, 1.165) is 15.8 Å². The number of rotatable bonds is 6. The Morgan fingerprint density at radius 3 is 2.76 bits per heavy atom. The van der Waals surface area contributed by atoms with Crippen LogP contribution in [-0.4, -0.2) is 31.0 Å². The molecule has 0 saturated carbocycles. The monoisotopic (exact) mass is 401 g/mol. The minimum atomic E-state index is -0.379. The number of nitriles is 1. The number of hydrogen-bond donors (Lipinski definition) is 1. The van der Waals surface area contributed by atoms with Gasteiger partial charge in [0.1, 0.15) is 11.8 Å². The third kappa shape index (κ3) is 4.81. The SMILES string of the molecule is COc1ccc(Br)cc1CN(C)[C@H](C)C(=O)Nc1ccccc1C#N. The van der Waals surface area contributed by atoms with Crippen LogP contribution >= 0.6 is 15.9 Å². The van der Waals surface area contributed by atoms with E-state index in [1.54, 1.807) is 31.4 Å². The number of likely N-dealkylation sites (N-methyl/N-ethyl adjacent to an activating group) is 1. The molecule has 0 bridgehead atoms. The van der Waals surface area contributed by atoms with Gasteiger partial charge in [0.05, 0.1) is 24.4 Å². The van der Waals surface area contributed by atoms with Crippen molar-refractivity contribution >= 4 is 27.5 Å². The highest BCUT2D eigenvalue weighted by molar-refractivity contribution is 9.10. The van der Waals surface area contributed by atoms with Crippen molar-refractivity contribution in [1.29, 1.82) is 5.26 Å². The van der Waals surface area contributed by atoms with Crippen molar-refractivity contribution in [2.24, 2.45) is 0 Å². The van der Waals surface area contributed by atoms with Crippen molar-refractivity contribution in [3.8, 4) is 11.8 Å². The van der Waals surface area contributed by atoms with Gasteiger partial charge in [-0.3, -0.25) is 9.69 Å². The number of halogens is 1. The van der Waals surface area contributed by atoms with Gasteiger partial charge >= 0.3 is 0 Å². The molecule has 0 unspecified atom stereocenters. The molecule has 1 amide bonds. The predicted octanol–water partition coefficient (Wildman–Crippen LogP) is 3.79. The van der Waals surface area contributed by atoms with Gasteiger partial charge in [0.15, 0.2) is 0 Å². The number of amides is 1. The third-order valence-corrected chi connectivity index (χ3v) is 4.50. The molecule has 2 rings (SSSR count). The number of hydrogen-bond acceptors (Lipinski definition) is 4. The number of carbonyl (C=O) groups excluding carboxylic acids is 1. The number of methoxy groups -OCH3 is 1. The van der Waals surface area contributed by atoms with E-state index in [2.05, 4.69) is 27.3 Å². The van der Waals surface area contributed by atoms with Crippen LogP contribution in [0.3, 0.4) is 0 Å². The summed E-state index contributed by atoms with van der Waals surface area (Å²) in [6.45, 7) is 2.38. The highest BCUT2D eigenvalue weighted by atomic mass is 79.9. The Labute approximate surface area is 156 Å². The first-order chi connectivity index (χ1) is 12.0. The summed E-state index contributed by atoms with van der Waals surface area (Å²) in [5.74, 6) is 0.608. The quantitative estimate of drug-likeness (QED) is 0.799. The molecule has 2 aromatic rings. The molecule has 0 heterocycles. The smallest absolute Gasteiger partial charge is 0.241 e. The molecule has 130 valence electrons. The Bertz CT molecular complexity index is 801. The summed E-state index contributed by atoms with van der Waals surface area (Å²) in [5.41, 5.74) is 1.95. The zero-order valence-electron chi connectivity index (χ0n) is 14.4. The first-order valence-electron chi connectivity index (χ1n) is 7.79. The average molecular weight is 402 g/mol. The fourth-order valence-electron chi connectivity index (χ4n) is 2.40. The molecule has 1 N–H and O–H groups in total. The van der Waals surface area contributed by atoms with E-state index >= 15 is 0 Å². The molecule has 1 atom stereocenters. The number of carbonyl (C=O) groups is 1. The van der Waals surface area contributed by atoms with Crippen LogP contribution in [-0.2, 0) is 11.3 Å². The van der Waals surface area contributed by atoms with Crippen LogP contribution in [0.2, 0.25) is 0 Å². The third-order valence-electron chi connectivity index (χ3n) is 4.01. The van der Waals surface area contributed by atoms with E-state index in [-0.39, 0.29) is 11.9 Å². The van der Waals surface area contributed by atoms with Gasteiger partial charge in [0.25, 0.3) is 0 Å². The zero-order valence-corrected chi connectivity index (χ0v) is 16.0. The highest BCUT2D eigenvalue weighted by Crippen LogP contribution is 2.24. The lowest BCUT2D eigenvalue weighted by molar-refractivity contribution is -0.120. The van der Waals surface area contributed by atoms with Crippen molar-refractivity contribution in [3.05, 3.63) is 58.1 Å². The van der Waals surface area contributed by atoms with Gasteiger partial charge in [-0.2, -0.15) is 5.26 Å². The minimum absolute atomic E-state index is 0.167. The summed E-state index contributed by atoms with van der Waals surface area (Å²) in [6.07, 6.45) is 0. The molecule has 0 aliphatic rings. The molecule has 0 aromatic heterocycles. The van der Waals surface area contributed by atoms with E-state index in [9.17, 15) is 4.79 Å². The molecule has 5 nitrogen and oxygen atoms in total. The summed E-state index contributed by atoms with van der Waals surface area (Å²) in [4.78, 5) is 14.5. The highest BCUT2D eigenvalue weighted by Gasteiger charge is 2.20. The Balaban J connectivity index is 2.09. The first kappa shape index (κ1) is 19.0. The van der Waals surface area contributed by atoms with Crippen LogP contribution in [0.4, 0.5) is 5.69 Å². The Kier molecular flexibility index (Phi) is 6.57. The maximum atomic E-state index is 12.5. The van der Waals surface area contributed by atoms with Gasteiger partial charge in [-0.15, -0.1) is 0 Å². The number of anilines is 1. The maximum absolute atomic E-state index is 12.5. The molecule has 0 fully saturated rings. The Morgan fingerprint density at radius 2 is 2.08 bits per heavy atom. The van der Waals surface area contributed by atoms with E-state index in [0.29, 0.717) is 17.8 Å². The Morgan fingerprint density at radius 1 is 1.36 bits per heavy atom. The normalized spacial score (nSPS) is 11.7. The van der Waals surface area contributed by atoms with Crippen LogP contribution < -0.4 is 10.1 Å². The summed E-state index contributed by atoms with van der Waals surface area (Å²) in [7, 11) is 3.50. The van der Waals surface area contributed by atoms with Gasteiger partial charge in [-0.25, -0.2) is 0 Å². The van der Waals surface area contributed by atoms with E-state index in [4.69, 9.17) is 10.00 Å². The van der Waals surface area contributed by atoms with E-state index in [1.807, 2.05) is 37.1 Å². The maximum Gasteiger partial charge on any atom is 0.241 e. The molecule has 0 aliphatic carbocycles. The van der Waals surface area contributed by atoms with Crippen LogP contribution in [0.1, 0.15) is 18.1 Å². The van der Waals surface area contributed by atoms with Crippen molar-refractivity contribution in [3.63, 3.8) is 0 Å². The molecule has 0 aliphatic heterocycles. The van der Waals surface area contributed by atoms with Crippen LogP contribution in [0, 0.1) is 11.3 Å². The molecule has 0 radical (unpaired) electrons. The van der Waals surface area contributed by atoms with Gasteiger partial charge in [0, 0.05) is 16.6 Å². The van der Waals surface area contributed by atoms with E-state index in [1.165, 1.54) is 0 Å². The fraction of sp³-hybridized carbons (Fsp3) is 0.263. The predicted molar refractivity (Wildman–Crippen MR) is 101 cm³/mol. The molecule has 6 heteroatoms. The van der Waals surface area contributed by atoms with Crippen LogP contribution in [0.25, 0.3) is 0 Å². The zero-order chi connectivity index (χ0) is 18.4. The largest absolute Gasteiger partial charge is 0.496 e. The van der Waals surface area contributed by atoms with Crippen molar-refractivity contribution in [1.82, 2.24) is 4.90 Å². The van der Waals surface area contributed by atoms with Gasteiger partial charge < -0.3 is 10.1 Å². The lowest BCUT2D eigenvalue weighted by Gasteiger charge is -2.25. The summed E-state index contributed by atoms with van der Waals surface area (Å²) >= 11 is 3.46. The van der Waals surface area contributed by atoms with Crippen molar-refractivity contribution < 1.29 is 9.53 Å². The summed E-state index contributed by atoms with van der Waals surface area (Å²) in [5, 5.41) is 12.0. The van der Waals surface area contributed by atoms with Gasteiger partial charge in [-0.05, 0) is 44.3 Å². The number of para-hydroxylation sites is 1. The van der Waals surface area contributed by atoms with Crippen LogP contribution in [0.5, 0.6) is 5.75 Å². The molecule has 2 aromatic carbocycles. The molecule has 25 heavy (non-hydrogen) atoms. The molecular weight excluding hydrogens is 382 g/mol. The topological polar surface area (TPSA) is 65.4 Å². The van der Waals surface area contributed by atoms with Crippen molar-refractivity contribution in [2.75, 3.05) is 19.5 Å². The van der Waals surface area contributed by atoms with Gasteiger partial charge in [0.2, 0.25) is 5.91 Å². The number of benzene rings is 2. The first-order valence-corrected chi connectivity index (χ1v) is 8.58. The standard InChI is InChI=1S/C19H20BrN3O2/c1-13(19(24)22-17-7-5-4-6-14(17)11-21)23(2)12-15-10-16(20)8-9-18(15)25-3/h4-10,13H,12H2,1-3H3,(H,22,24)/t13-/m1/s1.